The summed E-state index contributed by atoms with van der Waals surface area (Å²) in [4.78, 5) is 0. The molecule has 2 aliphatic heterocycles. The van der Waals surface area contributed by atoms with Crippen LogP contribution in [0.5, 0.6) is 0 Å². The van der Waals surface area contributed by atoms with Crippen molar-refractivity contribution in [1.82, 2.24) is 0 Å². The van der Waals surface area contributed by atoms with Crippen LogP contribution in [-0.2, 0) is 14.2 Å². The van der Waals surface area contributed by atoms with Crippen molar-refractivity contribution in [3.63, 3.8) is 0 Å². The minimum Gasteiger partial charge on any atom is -0.394 e. The van der Waals surface area contributed by atoms with E-state index in [1.165, 1.54) is 0 Å². The molecule has 9 heteroatoms. The lowest BCUT2D eigenvalue weighted by molar-refractivity contribution is -0.273. The van der Waals surface area contributed by atoms with Gasteiger partial charge in [-0.15, -0.1) is 0 Å². The summed E-state index contributed by atoms with van der Waals surface area (Å²) in [5, 5.41) is 56.9. The molecule has 0 aromatic carbocycles. The first-order valence-electron chi connectivity index (χ1n) is 6.84. The molecule has 0 radical (unpaired) electrons. The fourth-order valence-corrected chi connectivity index (χ4v) is 2.39. The lowest BCUT2D eigenvalue weighted by Gasteiger charge is -2.38. The number of aliphatic hydroxyl groups is 6. The van der Waals surface area contributed by atoms with Crippen molar-refractivity contribution >= 4 is 0 Å². The summed E-state index contributed by atoms with van der Waals surface area (Å²) in [5.41, 5.74) is 0. The third kappa shape index (κ3) is 3.89. The largest absolute Gasteiger partial charge is 0.394 e. The molecule has 21 heavy (non-hydrogen) atoms. The van der Waals surface area contributed by atoms with Gasteiger partial charge in [0.2, 0.25) is 0 Å². The fraction of sp³-hybridized carbons (Fsp3) is 1.00. The van der Waals surface area contributed by atoms with Crippen LogP contribution in [0.1, 0.15) is 6.42 Å². The first-order valence-corrected chi connectivity index (χ1v) is 6.84. The highest BCUT2D eigenvalue weighted by Gasteiger charge is 2.40. The van der Waals surface area contributed by atoms with Crippen LogP contribution in [0.25, 0.3) is 0 Å². The molecule has 0 amide bonds. The van der Waals surface area contributed by atoms with Crippen molar-refractivity contribution in [1.29, 1.82) is 0 Å². The van der Waals surface area contributed by atoms with Gasteiger partial charge in [0.05, 0.1) is 25.9 Å². The van der Waals surface area contributed by atoms with Crippen LogP contribution in [-0.4, -0.2) is 99.5 Å². The quantitative estimate of drug-likeness (QED) is 0.308. The molecule has 2 heterocycles. The molecule has 0 bridgehead atoms. The highest BCUT2D eigenvalue weighted by molar-refractivity contribution is 4.87. The molecule has 9 nitrogen and oxygen atoms in total. The summed E-state index contributed by atoms with van der Waals surface area (Å²) in [7, 11) is 0. The predicted octanol–water partition coefficient (Wildman–Crippen LogP) is -3.69. The van der Waals surface area contributed by atoms with Crippen molar-refractivity contribution in [3.05, 3.63) is 0 Å². The van der Waals surface area contributed by atoms with Gasteiger partial charge in [0.25, 0.3) is 0 Å². The maximum Gasteiger partial charge on any atom is 0.160 e. The predicted molar refractivity (Wildman–Crippen MR) is 66.1 cm³/mol. The lowest BCUT2D eigenvalue weighted by atomic mass is 10.0. The molecule has 0 saturated carbocycles. The standard InChI is InChI=1S/C12H22O9/c13-2-7-10(16)5(14)1-9(21-7)20-4-8-12(18)11(17)6(15)3-19-8/h5-18H,1-4H2/t5-,6+,7-,8-,9+,10+,11-,12-/m1/s1. The van der Waals surface area contributed by atoms with Gasteiger partial charge >= 0.3 is 0 Å². The highest BCUT2D eigenvalue weighted by atomic mass is 16.7. The van der Waals surface area contributed by atoms with Gasteiger partial charge in [0.15, 0.2) is 6.29 Å². The van der Waals surface area contributed by atoms with E-state index in [4.69, 9.17) is 19.3 Å². The Balaban J connectivity index is 1.83. The van der Waals surface area contributed by atoms with E-state index in [1.54, 1.807) is 0 Å². The molecular formula is C12H22O9. The van der Waals surface area contributed by atoms with Crippen LogP contribution in [0.2, 0.25) is 0 Å². The van der Waals surface area contributed by atoms with Gasteiger partial charge in [0, 0.05) is 6.42 Å². The van der Waals surface area contributed by atoms with E-state index in [-0.39, 0.29) is 19.6 Å². The van der Waals surface area contributed by atoms with E-state index in [0.29, 0.717) is 0 Å². The minimum atomic E-state index is -1.32. The molecule has 124 valence electrons. The van der Waals surface area contributed by atoms with Crippen LogP contribution in [0.15, 0.2) is 0 Å². The van der Waals surface area contributed by atoms with E-state index in [2.05, 4.69) is 0 Å². The molecule has 2 saturated heterocycles. The number of hydrogen-bond donors (Lipinski definition) is 6. The van der Waals surface area contributed by atoms with E-state index in [9.17, 15) is 25.5 Å². The Hall–Kier alpha value is -0.360. The van der Waals surface area contributed by atoms with Gasteiger partial charge in [-0.1, -0.05) is 0 Å². The zero-order chi connectivity index (χ0) is 15.6. The van der Waals surface area contributed by atoms with Gasteiger partial charge in [-0.25, -0.2) is 0 Å². The molecule has 2 aliphatic rings. The Bertz CT molecular complexity index is 328. The van der Waals surface area contributed by atoms with Crippen molar-refractivity contribution < 1.29 is 44.8 Å². The summed E-state index contributed by atoms with van der Waals surface area (Å²) >= 11 is 0. The van der Waals surface area contributed by atoms with Crippen molar-refractivity contribution in [2.24, 2.45) is 0 Å². The van der Waals surface area contributed by atoms with Gasteiger partial charge in [-0.05, 0) is 0 Å². The number of aliphatic hydroxyl groups excluding tert-OH is 6. The zero-order valence-electron chi connectivity index (χ0n) is 11.4. The third-order valence-corrected chi connectivity index (χ3v) is 3.77. The second-order valence-corrected chi connectivity index (χ2v) is 5.33. The summed E-state index contributed by atoms with van der Waals surface area (Å²) < 4.78 is 15.8. The Kier molecular flexibility index (Phi) is 5.88. The molecule has 0 unspecified atom stereocenters. The maximum atomic E-state index is 9.74. The molecule has 0 aliphatic carbocycles. The summed E-state index contributed by atoms with van der Waals surface area (Å²) in [6.45, 7) is -0.722. The normalized spacial score (nSPS) is 48.3. The second kappa shape index (κ2) is 7.27. The molecule has 0 spiro atoms. The van der Waals surface area contributed by atoms with Crippen LogP contribution >= 0.6 is 0 Å². The van der Waals surface area contributed by atoms with Crippen LogP contribution in [0.4, 0.5) is 0 Å². The molecule has 2 rings (SSSR count). The number of rotatable bonds is 4. The third-order valence-electron chi connectivity index (χ3n) is 3.77. The first kappa shape index (κ1) is 17.0. The van der Waals surface area contributed by atoms with Crippen LogP contribution < -0.4 is 0 Å². The Morgan fingerprint density at radius 2 is 1.62 bits per heavy atom. The van der Waals surface area contributed by atoms with E-state index in [0.717, 1.165) is 0 Å². The summed E-state index contributed by atoms with van der Waals surface area (Å²) in [6.07, 6.45) is -8.73. The Labute approximate surface area is 121 Å². The van der Waals surface area contributed by atoms with E-state index < -0.39 is 55.6 Å². The van der Waals surface area contributed by atoms with Gasteiger partial charge in [0.1, 0.15) is 36.6 Å². The molecule has 2 fully saturated rings. The molecular weight excluding hydrogens is 288 g/mol. The average Bonchev–Trinajstić information content (AvgIpc) is 2.47. The summed E-state index contributed by atoms with van der Waals surface area (Å²) in [5.74, 6) is 0. The second-order valence-electron chi connectivity index (χ2n) is 5.33. The fourth-order valence-electron chi connectivity index (χ4n) is 2.39. The van der Waals surface area contributed by atoms with Gasteiger partial charge in [-0.2, -0.15) is 0 Å². The smallest absolute Gasteiger partial charge is 0.160 e. The van der Waals surface area contributed by atoms with E-state index >= 15 is 0 Å². The molecule has 0 aromatic heterocycles. The van der Waals surface area contributed by atoms with Crippen LogP contribution in [0.3, 0.4) is 0 Å². The summed E-state index contributed by atoms with van der Waals surface area (Å²) in [6, 6.07) is 0. The van der Waals surface area contributed by atoms with Crippen molar-refractivity contribution in [2.75, 3.05) is 19.8 Å². The van der Waals surface area contributed by atoms with Crippen molar-refractivity contribution in [2.45, 2.75) is 55.4 Å². The average molecular weight is 310 g/mol. The topological polar surface area (TPSA) is 149 Å². The van der Waals surface area contributed by atoms with Crippen LogP contribution in [0, 0.1) is 0 Å². The minimum absolute atomic E-state index is 0.00562. The SMILES string of the molecule is OC[C@H]1O[C@H](OC[C@H]2OC[C@H](O)[C@@H](O)[C@@H]2O)C[C@@H](O)[C@@H]1O. The number of ether oxygens (including phenoxy) is 3. The molecule has 8 atom stereocenters. The van der Waals surface area contributed by atoms with E-state index in [1.807, 2.05) is 0 Å². The molecule has 6 N–H and O–H groups in total. The highest BCUT2D eigenvalue weighted by Crippen LogP contribution is 2.23. The Morgan fingerprint density at radius 1 is 0.905 bits per heavy atom. The van der Waals surface area contributed by atoms with Gasteiger partial charge < -0.3 is 44.8 Å². The Morgan fingerprint density at radius 3 is 2.29 bits per heavy atom. The molecule has 0 aromatic rings. The van der Waals surface area contributed by atoms with Gasteiger partial charge in [-0.3, -0.25) is 0 Å². The zero-order valence-corrected chi connectivity index (χ0v) is 11.4. The lowest BCUT2D eigenvalue weighted by Crippen LogP contribution is -2.55. The first-order chi connectivity index (χ1) is 9.93. The van der Waals surface area contributed by atoms with Crippen molar-refractivity contribution in [3.8, 4) is 0 Å². The number of hydrogen-bond acceptors (Lipinski definition) is 9. The maximum absolute atomic E-state index is 9.74. The monoisotopic (exact) mass is 310 g/mol.